The standard InChI is InChI=1S/C16H15F3N2O2/c1-23-14-7-3-5-12(9-14)20-10-11-4-2-6-13(8-11)21-15(22)16(17,18)19/h2-9,20H,10H2,1H3,(H,21,22). The van der Waals surface area contributed by atoms with Crippen LogP contribution in [0.5, 0.6) is 5.75 Å². The van der Waals surface area contributed by atoms with Gasteiger partial charge in [0.05, 0.1) is 7.11 Å². The molecule has 2 aromatic carbocycles. The van der Waals surface area contributed by atoms with Crippen molar-refractivity contribution in [1.29, 1.82) is 0 Å². The van der Waals surface area contributed by atoms with Gasteiger partial charge in [0.25, 0.3) is 0 Å². The summed E-state index contributed by atoms with van der Waals surface area (Å²) in [6.07, 6.45) is -4.91. The Morgan fingerprint density at radius 1 is 1.09 bits per heavy atom. The van der Waals surface area contributed by atoms with Crippen molar-refractivity contribution in [2.24, 2.45) is 0 Å². The van der Waals surface area contributed by atoms with E-state index in [1.54, 1.807) is 31.4 Å². The van der Waals surface area contributed by atoms with Crippen molar-refractivity contribution in [2.45, 2.75) is 12.7 Å². The van der Waals surface area contributed by atoms with Crippen LogP contribution in [0.2, 0.25) is 0 Å². The van der Waals surface area contributed by atoms with Crippen LogP contribution in [0.4, 0.5) is 24.5 Å². The minimum atomic E-state index is -4.91. The van der Waals surface area contributed by atoms with E-state index in [9.17, 15) is 18.0 Å². The maximum atomic E-state index is 12.2. The molecule has 0 saturated heterocycles. The van der Waals surface area contributed by atoms with E-state index in [1.807, 2.05) is 17.4 Å². The molecule has 0 heterocycles. The average Bonchev–Trinajstić information content (AvgIpc) is 2.52. The fraction of sp³-hybridized carbons (Fsp3) is 0.188. The number of rotatable bonds is 5. The van der Waals surface area contributed by atoms with Crippen molar-refractivity contribution < 1.29 is 22.7 Å². The van der Waals surface area contributed by atoms with Gasteiger partial charge in [-0.15, -0.1) is 0 Å². The second-order valence-corrected chi connectivity index (χ2v) is 4.74. The van der Waals surface area contributed by atoms with Crippen LogP contribution in [0.1, 0.15) is 5.56 Å². The summed E-state index contributed by atoms with van der Waals surface area (Å²) >= 11 is 0. The molecule has 0 aromatic heterocycles. The molecule has 0 spiro atoms. The molecule has 2 aromatic rings. The first-order chi connectivity index (χ1) is 10.9. The summed E-state index contributed by atoms with van der Waals surface area (Å²) in [4.78, 5) is 10.9. The molecule has 2 rings (SSSR count). The summed E-state index contributed by atoms with van der Waals surface area (Å²) in [5.74, 6) is -1.29. The Morgan fingerprint density at radius 2 is 1.78 bits per heavy atom. The van der Waals surface area contributed by atoms with Gasteiger partial charge in [-0.25, -0.2) is 0 Å². The lowest BCUT2D eigenvalue weighted by atomic mass is 10.2. The van der Waals surface area contributed by atoms with Crippen LogP contribution in [0.15, 0.2) is 48.5 Å². The molecule has 0 fully saturated rings. The third-order valence-corrected chi connectivity index (χ3v) is 3.01. The molecule has 122 valence electrons. The van der Waals surface area contributed by atoms with Crippen LogP contribution >= 0.6 is 0 Å². The number of halogens is 3. The minimum Gasteiger partial charge on any atom is -0.497 e. The molecular weight excluding hydrogens is 309 g/mol. The smallest absolute Gasteiger partial charge is 0.471 e. The molecule has 2 N–H and O–H groups in total. The zero-order valence-electron chi connectivity index (χ0n) is 12.3. The number of amides is 1. The number of hydrogen-bond donors (Lipinski definition) is 2. The largest absolute Gasteiger partial charge is 0.497 e. The van der Waals surface area contributed by atoms with Crippen LogP contribution in [0.25, 0.3) is 0 Å². The van der Waals surface area contributed by atoms with E-state index in [4.69, 9.17) is 4.74 Å². The minimum absolute atomic E-state index is 0.0947. The van der Waals surface area contributed by atoms with Gasteiger partial charge in [-0.05, 0) is 29.8 Å². The van der Waals surface area contributed by atoms with Gasteiger partial charge < -0.3 is 15.4 Å². The Balaban J connectivity index is 2.01. The number of alkyl halides is 3. The van der Waals surface area contributed by atoms with Crippen molar-refractivity contribution in [2.75, 3.05) is 17.7 Å². The van der Waals surface area contributed by atoms with Crippen LogP contribution in [0.3, 0.4) is 0 Å². The molecule has 0 unspecified atom stereocenters. The van der Waals surface area contributed by atoms with E-state index in [0.29, 0.717) is 12.3 Å². The summed E-state index contributed by atoms with van der Waals surface area (Å²) < 4.78 is 41.8. The van der Waals surface area contributed by atoms with Crippen molar-refractivity contribution in [1.82, 2.24) is 0 Å². The average molecular weight is 324 g/mol. The zero-order valence-corrected chi connectivity index (χ0v) is 12.3. The van der Waals surface area contributed by atoms with Crippen LogP contribution in [-0.2, 0) is 11.3 Å². The molecule has 0 bridgehead atoms. The van der Waals surface area contributed by atoms with Crippen LogP contribution < -0.4 is 15.4 Å². The number of nitrogens with one attached hydrogen (secondary N) is 2. The van der Waals surface area contributed by atoms with Gasteiger partial charge >= 0.3 is 12.1 Å². The molecule has 4 nitrogen and oxygen atoms in total. The highest BCUT2D eigenvalue weighted by Gasteiger charge is 2.38. The Hall–Kier alpha value is -2.70. The molecule has 0 saturated carbocycles. The Bertz CT molecular complexity index is 687. The van der Waals surface area contributed by atoms with Crippen LogP contribution in [-0.4, -0.2) is 19.2 Å². The highest BCUT2D eigenvalue weighted by Crippen LogP contribution is 2.20. The fourth-order valence-corrected chi connectivity index (χ4v) is 1.90. The number of ether oxygens (including phenoxy) is 1. The Kier molecular flexibility index (Phi) is 5.10. The lowest BCUT2D eigenvalue weighted by Gasteiger charge is -2.11. The third-order valence-electron chi connectivity index (χ3n) is 3.01. The van der Waals surface area contributed by atoms with E-state index >= 15 is 0 Å². The maximum absolute atomic E-state index is 12.2. The number of benzene rings is 2. The molecule has 0 radical (unpaired) electrons. The van der Waals surface area contributed by atoms with Gasteiger partial charge in [0.2, 0.25) is 0 Å². The van der Waals surface area contributed by atoms with Gasteiger partial charge in [-0.3, -0.25) is 4.79 Å². The molecule has 0 aliphatic rings. The Labute approximate surface area is 131 Å². The SMILES string of the molecule is COc1cccc(NCc2cccc(NC(=O)C(F)(F)F)c2)c1. The third kappa shape index (κ3) is 4.91. The fourth-order valence-electron chi connectivity index (χ4n) is 1.90. The van der Waals surface area contributed by atoms with E-state index in [2.05, 4.69) is 5.32 Å². The van der Waals surface area contributed by atoms with Crippen molar-refractivity contribution >= 4 is 17.3 Å². The summed E-state index contributed by atoms with van der Waals surface area (Å²) in [6, 6.07) is 13.5. The van der Waals surface area contributed by atoms with E-state index in [1.165, 1.54) is 12.1 Å². The van der Waals surface area contributed by atoms with Gasteiger partial charge in [0.15, 0.2) is 0 Å². The monoisotopic (exact) mass is 324 g/mol. The highest BCUT2D eigenvalue weighted by atomic mass is 19.4. The van der Waals surface area contributed by atoms with Crippen LogP contribution in [0, 0.1) is 0 Å². The Morgan fingerprint density at radius 3 is 2.48 bits per heavy atom. The van der Waals surface area contributed by atoms with Gasteiger partial charge in [0.1, 0.15) is 5.75 Å². The van der Waals surface area contributed by atoms with Gasteiger partial charge in [0, 0.05) is 24.0 Å². The summed E-state index contributed by atoms with van der Waals surface area (Å²) in [6.45, 7) is 0.392. The summed E-state index contributed by atoms with van der Waals surface area (Å²) in [5.41, 5.74) is 1.64. The zero-order chi connectivity index (χ0) is 16.9. The van der Waals surface area contributed by atoms with E-state index < -0.39 is 12.1 Å². The van der Waals surface area contributed by atoms with Gasteiger partial charge in [-0.1, -0.05) is 18.2 Å². The second-order valence-electron chi connectivity index (χ2n) is 4.74. The van der Waals surface area contributed by atoms with Crippen molar-refractivity contribution in [3.8, 4) is 5.75 Å². The quantitative estimate of drug-likeness (QED) is 0.879. The first kappa shape index (κ1) is 16.7. The van der Waals surface area contributed by atoms with Crippen molar-refractivity contribution in [3.05, 3.63) is 54.1 Å². The predicted octanol–water partition coefficient (Wildman–Crippen LogP) is 3.81. The predicted molar refractivity (Wildman–Crippen MR) is 81.4 cm³/mol. The second kappa shape index (κ2) is 7.04. The number of anilines is 2. The topological polar surface area (TPSA) is 50.4 Å². The molecule has 23 heavy (non-hydrogen) atoms. The number of hydrogen-bond acceptors (Lipinski definition) is 3. The lowest BCUT2D eigenvalue weighted by Crippen LogP contribution is -2.29. The van der Waals surface area contributed by atoms with Gasteiger partial charge in [-0.2, -0.15) is 13.2 Å². The molecule has 1 amide bonds. The van der Waals surface area contributed by atoms with Crippen molar-refractivity contribution in [3.63, 3.8) is 0 Å². The first-order valence-corrected chi connectivity index (χ1v) is 6.73. The maximum Gasteiger partial charge on any atom is 0.471 e. The molecular formula is C16H15F3N2O2. The number of carbonyl (C=O) groups is 1. The van der Waals surface area contributed by atoms with E-state index in [0.717, 1.165) is 11.3 Å². The number of carbonyl (C=O) groups excluding carboxylic acids is 1. The van der Waals surface area contributed by atoms with E-state index in [-0.39, 0.29) is 5.69 Å². The molecule has 0 aliphatic carbocycles. The molecule has 7 heteroatoms. The summed E-state index contributed by atoms with van der Waals surface area (Å²) in [5, 5.41) is 4.96. The first-order valence-electron chi connectivity index (χ1n) is 6.73. The normalized spacial score (nSPS) is 11.0. The molecule has 0 aliphatic heterocycles. The molecule has 0 atom stereocenters. The summed E-state index contributed by atoms with van der Waals surface area (Å²) in [7, 11) is 1.56. The lowest BCUT2D eigenvalue weighted by molar-refractivity contribution is -0.167. The number of methoxy groups -OCH3 is 1. The highest BCUT2D eigenvalue weighted by molar-refractivity contribution is 5.94.